The molecule has 3 heterocycles. The number of carbonyl (C=O) groups is 2. The molecule has 2 aliphatic heterocycles. The van der Waals surface area contributed by atoms with Crippen LogP contribution in [0.2, 0.25) is 0 Å². The van der Waals surface area contributed by atoms with Crippen molar-refractivity contribution in [2.45, 2.75) is 64.6 Å². The number of hydrogen-bond acceptors (Lipinski definition) is 4. The van der Waals surface area contributed by atoms with Crippen LogP contribution < -0.4 is 5.32 Å². The first-order valence-corrected chi connectivity index (χ1v) is 12.8. The molecule has 190 valence electrons. The van der Waals surface area contributed by atoms with Gasteiger partial charge in [0.2, 0.25) is 5.91 Å². The van der Waals surface area contributed by atoms with E-state index in [0.29, 0.717) is 45.2 Å². The minimum Gasteiger partial charge on any atom is -0.383 e. The number of nitrogens with zero attached hydrogens (tertiary/aromatic N) is 2. The normalized spacial score (nSPS) is 19.6. The van der Waals surface area contributed by atoms with Crippen LogP contribution in [0.15, 0.2) is 36.4 Å². The highest BCUT2D eigenvalue weighted by atomic mass is 16.5. The van der Waals surface area contributed by atoms with Crippen LogP contribution in [0.5, 0.6) is 0 Å². The lowest BCUT2D eigenvalue weighted by molar-refractivity contribution is -0.134. The summed E-state index contributed by atoms with van der Waals surface area (Å²) >= 11 is 0. The van der Waals surface area contributed by atoms with Gasteiger partial charge in [-0.2, -0.15) is 0 Å². The van der Waals surface area contributed by atoms with Crippen molar-refractivity contribution in [3.63, 3.8) is 0 Å². The Morgan fingerprint density at radius 2 is 1.91 bits per heavy atom. The number of nitrogens with one attached hydrogen (secondary N) is 1. The van der Waals surface area contributed by atoms with Crippen molar-refractivity contribution in [3.8, 4) is 0 Å². The smallest absolute Gasteiger partial charge is 0.255 e. The van der Waals surface area contributed by atoms with E-state index < -0.39 is 0 Å². The molecular formula is C28H39N3O4. The zero-order chi connectivity index (χ0) is 24.8. The van der Waals surface area contributed by atoms with Gasteiger partial charge in [-0.3, -0.25) is 9.59 Å². The van der Waals surface area contributed by atoms with E-state index >= 15 is 0 Å². The van der Waals surface area contributed by atoms with E-state index in [1.807, 2.05) is 55.1 Å². The van der Waals surface area contributed by atoms with E-state index in [4.69, 9.17) is 9.47 Å². The summed E-state index contributed by atoms with van der Waals surface area (Å²) in [4.78, 5) is 27.8. The van der Waals surface area contributed by atoms with Crippen molar-refractivity contribution < 1.29 is 19.1 Å². The number of rotatable bonds is 8. The summed E-state index contributed by atoms with van der Waals surface area (Å²) in [5, 5.41) is 3.06. The molecule has 0 aliphatic carbocycles. The topological polar surface area (TPSA) is 72.8 Å². The summed E-state index contributed by atoms with van der Waals surface area (Å²) < 4.78 is 13.7. The van der Waals surface area contributed by atoms with Crippen molar-refractivity contribution in [1.29, 1.82) is 0 Å². The van der Waals surface area contributed by atoms with Gasteiger partial charge in [0.05, 0.1) is 17.8 Å². The second-order valence-electron chi connectivity index (χ2n) is 10.1. The van der Waals surface area contributed by atoms with Crippen LogP contribution in [-0.4, -0.2) is 60.3 Å². The molecule has 0 radical (unpaired) electrons. The average Bonchev–Trinajstić information content (AvgIpc) is 3.15. The Morgan fingerprint density at radius 1 is 1.17 bits per heavy atom. The summed E-state index contributed by atoms with van der Waals surface area (Å²) in [7, 11) is 1.69. The first-order valence-electron chi connectivity index (χ1n) is 12.8. The lowest BCUT2D eigenvalue weighted by atomic mass is 9.78. The van der Waals surface area contributed by atoms with Gasteiger partial charge >= 0.3 is 0 Å². The van der Waals surface area contributed by atoms with Crippen LogP contribution in [0.1, 0.15) is 59.4 Å². The van der Waals surface area contributed by atoms with Crippen molar-refractivity contribution >= 4 is 11.8 Å². The van der Waals surface area contributed by atoms with Crippen LogP contribution in [0.4, 0.5) is 0 Å². The monoisotopic (exact) mass is 481 g/mol. The maximum absolute atomic E-state index is 13.3. The van der Waals surface area contributed by atoms with Gasteiger partial charge < -0.3 is 24.3 Å². The molecule has 0 saturated carbocycles. The lowest BCUT2D eigenvalue weighted by Gasteiger charge is -2.46. The highest BCUT2D eigenvalue weighted by Crippen LogP contribution is 2.39. The zero-order valence-corrected chi connectivity index (χ0v) is 21.3. The van der Waals surface area contributed by atoms with Crippen LogP contribution in [0.3, 0.4) is 0 Å². The number of carbonyl (C=O) groups excluding carboxylic acids is 2. The molecule has 7 nitrogen and oxygen atoms in total. The zero-order valence-electron chi connectivity index (χ0n) is 21.3. The molecule has 1 unspecified atom stereocenters. The second kappa shape index (κ2) is 11.4. The number of ether oxygens (including phenoxy) is 2. The summed E-state index contributed by atoms with van der Waals surface area (Å²) in [6.07, 6.45) is 3.98. The van der Waals surface area contributed by atoms with E-state index in [-0.39, 0.29) is 17.4 Å². The number of hydrogen-bond donors (Lipinski definition) is 1. The lowest BCUT2D eigenvalue weighted by Crippen LogP contribution is -2.51. The van der Waals surface area contributed by atoms with Crippen LogP contribution in [-0.2, 0) is 27.4 Å². The molecule has 1 spiro atoms. The Morgan fingerprint density at radius 3 is 2.63 bits per heavy atom. The Balaban J connectivity index is 1.29. The molecular weight excluding hydrogens is 442 g/mol. The third kappa shape index (κ3) is 6.14. The van der Waals surface area contributed by atoms with Crippen LogP contribution in [0, 0.1) is 19.8 Å². The third-order valence-electron chi connectivity index (χ3n) is 7.69. The molecule has 0 bridgehead atoms. The molecule has 1 atom stereocenters. The Kier molecular flexibility index (Phi) is 8.29. The molecule has 2 amide bonds. The molecule has 1 N–H and O–H groups in total. The summed E-state index contributed by atoms with van der Waals surface area (Å²) in [6.45, 7) is 8.05. The molecule has 1 aromatic heterocycles. The molecule has 7 heteroatoms. The number of methoxy groups -OCH3 is 1. The fourth-order valence-corrected chi connectivity index (χ4v) is 5.61. The number of aryl methyl sites for hydroxylation is 1. The first-order chi connectivity index (χ1) is 16.9. The number of amides is 2. The van der Waals surface area contributed by atoms with E-state index in [1.54, 1.807) is 7.11 Å². The van der Waals surface area contributed by atoms with Crippen molar-refractivity contribution in [3.05, 3.63) is 58.9 Å². The number of benzene rings is 1. The van der Waals surface area contributed by atoms with Gasteiger partial charge in [0.15, 0.2) is 0 Å². The number of piperidine rings is 1. The minimum absolute atomic E-state index is 0.101. The highest BCUT2D eigenvalue weighted by molar-refractivity contribution is 5.95. The fourth-order valence-electron chi connectivity index (χ4n) is 5.61. The Hall–Kier alpha value is -2.64. The van der Waals surface area contributed by atoms with E-state index in [1.165, 1.54) is 0 Å². The average molecular weight is 482 g/mol. The minimum atomic E-state index is -0.214. The quantitative estimate of drug-likeness (QED) is 0.622. The summed E-state index contributed by atoms with van der Waals surface area (Å²) in [5.74, 6) is 0.526. The van der Waals surface area contributed by atoms with Gasteiger partial charge in [0.25, 0.3) is 5.91 Å². The molecule has 4 rings (SSSR count). The van der Waals surface area contributed by atoms with Gasteiger partial charge in [0.1, 0.15) is 0 Å². The second-order valence-corrected chi connectivity index (χ2v) is 10.1. The van der Waals surface area contributed by atoms with Gasteiger partial charge in [0, 0.05) is 57.7 Å². The summed E-state index contributed by atoms with van der Waals surface area (Å²) in [5.41, 5.74) is 3.77. The predicted octanol–water partition coefficient (Wildman–Crippen LogP) is 3.86. The predicted molar refractivity (Wildman–Crippen MR) is 135 cm³/mol. The largest absolute Gasteiger partial charge is 0.383 e. The Labute approximate surface area is 208 Å². The van der Waals surface area contributed by atoms with E-state index in [0.717, 1.165) is 54.7 Å². The molecule has 1 aromatic carbocycles. The standard InChI is InChI=1S/C28H39N3O4/c1-21-17-25(22(2)31(21)14-16-34-3)27(33)30-12-10-28(11-13-30)19-24(9-15-35-28)18-26(32)29-20-23-7-5-4-6-8-23/h4-8,17,24H,9-16,18-20H2,1-3H3,(H,29,32). The molecule has 2 aromatic rings. The van der Waals surface area contributed by atoms with E-state index in [9.17, 15) is 9.59 Å². The van der Waals surface area contributed by atoms with Crippen molar-refractivity contribution in [1.82, 2.24) is 14.8 Å². The first kappa shape index (κ1) is 25.5. The van der Waals surface area contributed by atoms with Crippen molar-refractivity contribution in [2.24, 2.45) is 5.92 Å². The van der Waals surface area contributed by atoms with Gasteiger partial charge in [-0.25, -0.2) is 0 Å². The maximum Gasteiger partial charge on any atom is 0.255 e. The van der Waals surface area contributed by atoms with Gasteiger partial charge in [-0.15, -0.1) is 0 Å². The van der Waals surface area contributed by atoms with Gasteiger partial charge in [-0.05, 0) is 57.1 Å². The van der Waals surface area contributed by atoms with Gasteiger partial charge in [-0.1, -0.05) is 30.3 Å². The summed E-state index contributed by atoms with van der Waals surface area (Å²) in [6, 6.07) is 12.0. The number of likely N-dealkylation sites (tertiary alicyclic amines) is 1. The highest BCUT2D eigenvalue weighted by Gasteiger charge is 2.41. The van der Waals surface area contributed by atoms with E-state index in [2.05, 4.69) is 9.88 Å². The van der Waals surface area contributed by atoms with Crippen molar-refractivity contribution in [2.75, 3.05) is 33.4 Å². The molecule has 35 heavy (non-hydrogen) atoms. The molecule has 2 fully saturated rings. The van der Waals surface area contributed by atoms with Crippen LogP contribution in [0.25, 0.3) is 0 Å². The molecule has 2 aliphatic rings. The Bertz CT molecular complexity index is 1010. The third-order valence-corrected chi connectivity index (χ3v) is 7.69. The maximum atomic E-state index is 13.3. The fraction of sp³-hybridized carbons (Fsp3) is 0.571. The van der Waals surface area contributed by atoms with Crippen LogP contribution >= 0.6 is 0 Å². The SMILES string of the molecule is COCCn1c(C)cc(C(=O)N2CCC3(CC2)CC(CC(=O)NCc2ccccc2)CCO3)c1C. The molecule has 2 saturated heterocycles. The number of aromatic nitrogens is 1.